The largest absolute Gasteiger partial charge is 0.117 e. The summed E-state index contributed by atoms with van der Waals surface area (Å²) in [6, 6.07) is 0. The molecule has 0 nitrogen and oxygen atoms in total. The molecule has 0 unspecified atom stereocenters. The highest BCUT2D eigenvalue weighted by atomic mass is 14.1. The van der Waals surface area contributed by atoms with E-state index in [9.17, 15) is 0 Å². The Morgan fingerprint density at radius 2 is 0.895 bits per heavy atom. The van der Waals surface area contributed by atoms with Crippen LogP contribution in [0.4, 0.5) is 0 Å². The summed E-state index contributed by atoms with van der Waals surface area (Å²) in [4.78, 5) is 0. The highest BCUT2D eigenvalue weighted by Gasteiger charge is 2.12. The van der Waals surface area contributed by atoms with Crippen LogP contribution in [0.1, 0.15) is 104 Å². The van der Waals surface area contributed by atoms with Gasteiger partial charge in [-0.3, -0.25) is 0 Å². The zero-order valence-corrected chi connectivity index (χ0v) is 13.6. The van der Waals surface area contributed by atoms with Crippen molar-refractivity contribution in [2.24, 2.45) is 0 Å². The van der Waals surface area contributed by atoms with Crippen molar-refractivity contribution in [3.05, 3.63) is 0 Å². The minimum atomic E-state index is 0.770. The molecule has 1 fully saturated rings. The van der Waals surface area contributed by atoms with E-state index >= 15 is 0 Å². The minimum absolute atomic E-state index is 0.770. The molecule has 0 aromatic heterocycles. The maximum absolute atomic E-state index is 2.62. The van der Waals surface area contributed by atoms with Crippen molar-refractivity contribution in [2.75, 3.05) is 0 Å². The second-order valence-electron chi connectivity index (χ2n) is 7.02. The minimum Gasteiger partial charge on any atom is -0.0742 e. The maximum Gasteiger partial charge on any atom is 0.117 e. The third-order valence-corrected chi connectivity index (χ3v) is 4.56. The molecule has 111 valence electrons. The number of hydrogen-bond donors (Lipinski definition) is 0. The van der Waals surface area contributed by atoms with Crippen LogP contribution in [-0.2, 0) is 0 Å². The van der Waals surface area contributed by atoms with Gasteiger partial charge in [-0.1, -0.05) is 115 Å². The quantitative estimate of drug-likeness (QED) is 0.481. The molecule has 0 N–H and O–H groups in total. The summed E-state index contributed by atoms with van der Waals surface area (Å²) in [5, 5.41) is 0. The van der Waals surface area contributed by atoms with E-state index in [1.807, 2.05) is 0 Å². The van der Waals surface area contributed by atoms with E-state index in [0.717, 1.165) is 11.6 Å². The second kappa shape index (κ2) is 11.9. The molecular formula is C18H36B. The Labute approximate surface area is 123 Å². The van der Waals surface area contributed by atoms with Gasteiger partial charge in [0.05, 0.1) is 0 Å². The molecular weight excluding hydrogens is 227 g/mol. The number of hydrogen-bond acceptors (Lipinski definition) is 0. The fourth-order valence-corrected chi connectivity index (χ4v) is 3.46. The molecule has 1 aliphatic carbocycles. The van der Waals surface area contributed by atoms with E-state index in [1.54, 1.807) is 0 Å². The zero-order chi connectivity index (χ0) is 13.8. The molecule has 19 heavy (non-hydrogen) atoms. The van der Waals surface area contributed by atoms with E-state index < -0.39 is 0 Å². The molecule has 0 heterocycles. The molecule has 1 saturated carbocycles. The molecule has 1 heteroatoms. The average Bonchev–Trinajstić information content (AvgIpc) is 2.38. The zero-order valence-electron chi connectivity index (χ0n) is 13.6. The smallest absolute Gasteiger partial charge is 0.0742 e. The first-order valence-electron chi connectivity index (χ1n) is 9.14. The summed E-state index contributed by atoms with van der Waals surface area (Å²) in [7, 11) is 2.62. The Bertz CT molecular complexity index is 172. The van der Waals surface area contributed by atoms with Gasteiger partial charge in [0.2, 0.25) is 0 Å². The van der Waals surface area contributed by atoms with E-state index in [-0.39, 0.29) is 0 Å². The van der Waals surface area contributed by atoms with E-state index in [4.69, 9.17) is 0 Å². The summed E-state index contributed by atoms with van der Waals surface area (Å²) in [5.41, 5.74) is 0. The van der Waals surface area contributed by atoms with Crippen molar-refractivity contribution in [2.45, 2.75) is 115 Å². The van der Waals surface area contributed by atoms with Gasteiger partial charge in [-0.15, -0.1) is 0 Å². The molecule has 0 saturated heterocycles. The summed E-state index contributed by atoms with van der Waals surface area (Å²) < 4.78 is 0. The van der Waals surface area contributed by atoms with Crippen LogP contribution < -0.4 is 0 Å². The van der Waals surface area contributed by atoms with Crippen molar-refractivity contribution in [3.63, 3.8) is 0 Å². The molecule has 0 amide bonds. The van der Waals surface area contributed by atoms with Crippen molar-refractivity contribution in [1.29, 1.82) is 0 Å². The third-order valence-electron chi connectivity index (χ3n) is 4.56. The SMILES string of the molecule is CC(C)[B]C1CCCCCCCCCCCCCC1. The Hall–Kier alpha value is 0.0649. The molecule has 1 aliphatic rings. The Morgan fingerprint density at radius 1 is 0.579 bits per heavy atom. The topological polar surface area (TPSA) is 0 Å². The van der Waals surface area contributed by atoms with Gasteiger partial charge in [-0.05, 0) is 0 Å². The first kappa shape index (κ1) is 17.1. The van der Waals surface area contributed by atoms with Crippen LogP contribution in [0.25, 0.3) is 0 Å². The van der Waals surface area contributed by atoms with Crippen LogP contribution >= 0.6 is 0 Å². The standard InChI is InChI=1S/C18H36B/c1-17(2)19-18-15-13-11-9-7-5-3-4-6-8-10-12-14-16-18/h17-18H,3-16H2,1-2H3. The lowest BCUT2D eigenvalue weighted by Gasteiger charge is -2.18. The normalized spacial score (nSPS) is 22.7. The fourth-order valence-electron chi connectivity index (χ4n) is 3.46. The van der Waals surface area contributed by atoms with Crippen molar-refractivity contribution >= 4 is 7.28 Å². The monoisotopic (exact) mass is 263 g/mol. The van der Waals surface area contributed by atoms with Crippen LogP contribution in [-0.4, -0.2) is 7.28 Å². The van der Waals surface area contributed by atoms with E-state index in [0.29, 0.717) is 0 Å². The molecule has 0 aromatic rings. The maximum atomic E-state index is 2.62. The molecule has 1 rings (SSSR count). The van der Waals surface area contributed by atoms with Crippen molar-refractivity contribution in [3.8, 4) is 0 Å². The summed E-state index contributed by atoms with van der Waals surface area (Å²) >= 11 is 0. The van der Waals surface area contributed by atoms with E-state index in [2.05, 4.69) is 21.1 Å². The Kier molecular flexibility index (Phi) is 10.7. The molecule has 0 aliphatic heterocycles. The van der Waals surface area contributed by atoms with Crippen LogP contribution in [0, 0.1) is 0 Å². The van der Waals surface area contributed by atoms with Gasteiger partial charge in [-0.25, -0.2) is 0 Å². The van der Waals surface area contributed by atoms with Gasteiger partial charge in [0.15, 0.2) is 0 Å². The molecule has 0 atom stereocenters. The van der Waals surface area contributed by atoms with Gasteiger partial charge >= 0.3 is 0 Å². The lowest BCUT2D eigenvalue weighted by Crippen LogP contribution is -2.07. The predicted octanol–water partition coefficient (Wildman–Crippen LogP) is 6.78. The first-order chi connectivity index (χ1) is 9.29. The highest BCUT2D eigenvalue weighted by molar-refractivity contribution is 6.39. The third kappa shape index (κ3) is 10.5. The Balaban J connectivity index is 2.25. The average molecular weight is 263 g/mol. The van der Waals surface area contributed by atoms with Crippen LogP contribution in [0.5, 0.6) is 0 Å². The molecule has 1 radical (unpaired) electrons. The predicted molar refractivity (Wildman–Crippen MR) is 89.2 cm³/mol. The molecule has 0 spiro atoms. The summed E-state index contributed by atoms with van der Waals surface area (Å²) in [6.07, 6.45) is 20.7. The lowest BCUT2D eigenvalue weighted by atomic mass is 9.53. The van der Waals surface area contributed by atoms with Gasteiger partial charge in [0, 0.05) is 0 Å². The van der Waals surface area contributed by atoms with Gasteiger partial charge < -0.3 is 0 Å². The number of rotatable bonds is 2. The van der Waals surface area contributed by atoms with Gasteiger partial charge in [0.25, 0.3) is 0 Å². The first-order valence-corrected chi connectivity index (χ1v) is 9.14. The van der Waals surface area contributed by atoms with Crippen LogP contribution in [0.15, 0.2) is 0 Å². The van der Waals surface area contributed by atoms with Crippen molar-refractivity contribution in [1.82, 2.24) is 0 Å². The highest BCUT2D eigenvalue weighted by Crippen LogP contribution is 2.26. The van der Waals surface area contributed by atoms with E-state index in [1.165, 1.54) is 89.9 Å². The van der Waals surface area contributed by atoms with Crippen LogP contribution in [0.3, 0.4) is 0 Å². The van der Waals surface area contributed by atoms with Crippen LogP contribution in [0.2, 0.25) is 11.6 Å². The Morgan fingerprint density at radius 3 is 1.21 bits per heavy atom. The fraction of sp³-hybridized carbons (Fsp3) is 1.00. The van der Waals surface area contributed by atoms with Gasteiger partial charge in [-0.2, -0.15) is 0 Å². The summed E-state index contributed by atoms with van der Waals surface area (Å²) in [5.74, 6) is 1.68. The van der Waals surface area contributed by atoms with Crippen molar-refractivity contribution < 1.29 is 0 Å². The lowest BCUT2D eigenvalue weighted by molar-refractivity contribution is 0.542. The molecule has 0 bridgehead atoms. The summed E-state index contributed by atoms with van der Waals surface area (Å²) in [6.45, 7) is 4.69. The van der Waals surface area contributed by atoms with Gasteiger partial charge in [0.1, 0.15) is 7.28 Å². The second-order valence-corrected chi connectivity index (χ2v) is 7.02. The molecule has 0 aromatic carbocycles.